The van der Waals surface area contributed by atoms with E-state index < -0.39 is 12.7 Å². The highest BCUT2D eigenvalue weighted by molar-refractivity contribution is 5.79. The maximum absolute atomic E-state index is 12.3. The van der Waals surface area contributed by atoms with E-state index in [0.717, 1.165) is 16.9 Å². The third-order valence-electron chi connectivity index (χ3n) is 3.65. The van der Waals surface area contributed by atoms with E-state index in [1.54, 1.807) is 7.05 Å². The van der Waals surface area contributed by atoms with Crippen molar-refractivity contribution in [2.45, 2.75) is 33.0 Å². The van der Waals surface area contributed by atoms with E-state index in [0.29, 0.717) is 38.6 Å². The molecule has 1 rings (SSSR count). The van der Waals surface area contributed by atoms with Crippen LogP contribution in [-0.4, -0.2) is 57.4 Å². The highest BCUT2D eigenvalue weighted by Gasteiger charge is 2.28. The van der Waals surface area contributed by atoms with Crippen LogP contribution in [0, 0.1) is 6.92 Å². The lowest BCUT2D eigenvalue weighted by Crippen LogP contribution is -2.39. The first-order chi connectivity index (χ1) is 12.2. The highest BCUT2D eigenvalue weighted by atomic mass is 19.4. The third kappa shape index (κ3) is 8.94. The number of aliphatic imine (C=N–C) groups is 1. The van der Waals surface area contributed by atoms with Crippen LogP contribution in [0.1, 0.15) is 24.5 Å². The Kier molecular flexibility index (Phi) is 9.26. The Morgan fingerprint density at radius 1 is 1.27 bits per heavy atom. The third-order valence-corrected chi connectivity index (χ3v) is 3.65. The van der Waals surface area contributed by atoms with Gasteiger partial charge in [0, 0.05) is 25.7 Å². The second-order valence-electron chi connectivity index (χ2n) is 6.10. The van der Waals surface area contributed by atoms with E-state index in [-0.39, 0.29) is 0 Å². The number of halogens is 3. The first-order valence-corrected chi connectivity index (χ1v) is 8.67. The molecule has 0 bridgehead atoms. The van der Waals surface area contributed by atoms with Crippen LogP contribution in [0.3, 0.4) is 0 Å². The standard InChI is InChI=1S/C18H29F3N4O/c1-5-26-16-11-14(2)7-8-15(16)12-24-17(22-3)23-9-6-10-25(4)13-18(19,20)21/h7-8,11H,5-6,9-10,12-13H2,1-4H3,(H2,22,23,24). The number of alkyl halides is 3. The zero-order valence-corrected chi connectivity index (χ0v) is 15.9. The van der Waals surface area contributed by atoms with Gasteiger partial charge >= 0.3 is 6.18 Å². The quantitative estimate of drug-likeness (QED) is 0.396. The zero-order valence-electron chi connectivity index (χ0n) is 15.9. The fraction of sp³-hybridized carbons (Fsp3) is 0.611. The maximum atomic E-state index is 12.3. The lowest BCUT2D eigenvalue weighted by molar-refractivity contribution is -0.143. The summed E-state index contributed by atoms with van der Waals surface area (Å²) < 4.78 is 42.5. The molecule has 5 nitrogen and oxygen atoms in total. The number of hydrogen-bond donors (Lipinski definition) is 2. The molecule has 0 aliphatic carbocycles. The maximum Gasteiger partial charge on any atom is 0.401 e. The second kappa shape index (κ2) is 10.9. The molecule has 1 aromatic rings. The fourth-order valence-electron chi connectivity index (χ4n) is 2.44. The Morgan fingerprint density at radius 2 is 2.00 bits per heavy atom. The number of guanidine groups is 1. The summed E-state index contributed by atoms with van der Waals surface area (Å²) in [5.74, 6) is 1.44. The molecular formula is C18H29F3N4O. The van der Waals surface area contributed by atoms with Crippen LogP contribution in [0.15, 0.2) is 23.2 Å². The molecule has 26 heavy (non-hydrogen) atoms. The first-order valence-electron chi connectivity index (χ1n) is 8.67. The largest absolute Gasteiger partial charge is 0.494 e. The molecule has 0 unspecified atom stereocenters. The molecule has 0 fully saturated rings. The summed E-state index contributed by atoms with van der Waals surface area (Å²) in [6.07, 6.45) is -3.58. The van der Waals surface area contributed by atoms with E-state index in [4.69, 9.17) is 4.74 Å². The van der Waals surface area contributed by atoms with E-state index in [1.807, 2.05) is 32.0 Å². The first kappa shape index (κ1) is 22.1. The minimum atomic E-state index is -4.16. The van der Waals surface area contributed by atoms with Crippen molar-refractivity contribution < 1.29 is 17.9 Å². The van der Waals surface area contributed by atoms with E-state index in [9.17, 15) is 13.2 Å². The summed E-state index contributed by atoms with van der Waals surface area (Å²) in [6.45, 7) is 5.08. The Labute approximate surface area is 153 Å². The summed E-state index contributed by atoms with van der Waals surface area (Å²) in [5, 5.41) is 6.31. The Hall–Kier alpha value is -1.96. The molecule has 8 heteroatoms. The molecule has 0 spiro atoms. The summed E-state index contributed by atoms with van der Waals surface area (Å²) in [7, 11) is 3.12. The molecule has 2 N–H and O–H groups in total. The predicted molar refractivity (Wildman–Crippen MR) is 98.7 cm³/mol. The van der Waals surface area contributed by atoms with Crippen molar-refractivity contribution in [1.82, 2.24) is 15.5 Å². The van der Waals surface area contributed by atoms with Crippen molar-refractivity contribution in [3.63, 3.8) is 0 Å². The van der Waals surface area contributed by atoms with Crippen molar-refractivity contribution in [3.05, 3.63) is 29.3 Å². The minimum Gasteiger partial charge on any atom is -0.494 e. The zero-order chi connectivity index (χ0) is 19.6. The SMILES string of the molecule is CCOc1cc(C)ccc1CNC(=NC)NCCCN(C)CC(F)(F)F. The lowest BCUT2D eigenvalue weighted by atomic mass is 10.1. The highest BCUT2D eigenvalue weighted by Crippen LogP contribution is 2.20. The number of benzene rings is 1. The smallest absolute Gasteiger partial charge is 0.401 e. The Morgan fingerprint density at radius 3 is 2.62 bits per heavy atom. The summed E-state index contributed by atoms with van der Waals surface area (Å²) in [4.78, 5) is 5.39. The van der Waals surface area contributed by atoms with Gasteiger partial charge in [0.1, 0.15) is 5.75 Å². The second-order valence-corrected chi connectivity index (χ2v) is 6.10. The van der Waals surface area contributed by atoms with Gasteiger partial charge in [0.05, 0.1) is 13.2 Å². The van der Waals surface area contributed by atoms with Crippen LogP contribution >= 0.6 is 0 Å². The number of hydrogen-bond acceptors (Lipinski definition) is 3. The van der Waals surface area contributed by atoms with Crippen LogP contribution in [0.25, 0.3) is 0 Å². The molecule has 0 saturated heterocycles. The van der Waals surface area contributed by atoms with E-state index >= 15 is 0 Å². The van der Waals surface area contributed by atoms with Crippen LogP contribution in [0.4, 0.5) is 13.2 Å². The van der Waals surface area contributed by atoms with Gasteiger partial charge in [-0.25, -0.2) is 0 Å². The van der Waals surface area contributed by atoms with Crippen molar-refractivity contribution in [1.29, 1.82) is 0 Å². The van der Waals surface area contributed by atoms with Crippen LogP contribution in [0.5, 0.6) is 5.75 Å². The van der Waals surface area contributed by atoms with Gasteiger partial charge in [-0.2, -0.15) is 13.2 Å². The number of aryl methyl sites for hydroxylation is 1. The van der Waals surface area contributed by atoms with Gasteiger partial charge in [-0.1, -0.05) is 12.1 Å². The molecule has 0 heterocycles. The number of rotatable bonds is 9. The van der Waals surface area contributed by atoms with Crippen LogP contribution in [-0.2, 0) is 6.54 Å². The van der Waals surface area contributed by atoms with Crippen molar-refractivity contribution in [2.75, 3.05) is 40.3 Å². The average Bonchev–Trinajstić information content (AvgIpc) is 2.54. The molecular weight excluding hydrogens is 345 g/mol. The Bertz CT molecular complexity index is 576. The van der Waals surface area contributed by atoms with Gasteiger partial charge < -0.3 is 15.4 Å². The van der Waals surface area contributed by atoms with Gasteiger partial charge in [0.2, 0.25) is 0 Å². The van der Waals surface area contributed by atoms with Crippen molar-refractivity contribution >= 4 is 5.96 Å². The number of ether oxygens (including phenoxy) is 1. The summed E-state index contributed by atoms with van der Waals surface area (Å²) >= 11 is 0. The fourth-order valence-corrected chi connectivity index (χ4v) is 2.44. The monoisotopic (exact) mass is 374 g/mol. The predicted octanol–water partition coefficient (Wildman–Crippen LogP) is 2.94. The molecule has 0 aliphatic rings. The number of nitrogens with zero attached hydrogens (tertiary/aromatic N) is 2. The van der Waals surface area contributed by atoms with Crippen molar-refractivity contribution in [2.24, 2.45) is 4.99 Å². The molecule has 0 aromatic heterocycles. The van der Waals surface area contributed by atoms with Gasteiger partial charge in [0.15, 0.2) is 5.96 Å². The molecule has 0 aliphatic heterocycles. The van der Waals surface area contributed by atoms with Gasteiger partial charge in [-0.3, -0.25) is 9.89 Å². The summed E-state index contributed by atoms with van der Waals surface area (Å²) in [6, 6.07) is 6.02. The van der Waals surface area contributed by atoms with Crippen LogP contribution in [0.2, 0.25) is 0 Å². The topological polar surface area (TPSA) is 48.9 Å². The Balaban J connectivity index is 2.40. The van der Waals surface area contributed by atoms with Crippen LogP contribution < -0.4 is 15.4 Å². The number of nitrogens with one attached hydrogen (secondary N) is 2. The molecule has 0 amide bonds. The van der Waals surface area contributed by atoms with E-state index in [1.165, 1.54) is 11.9 Å². The lowest BCUT2D eigenvalue weighted by Gasteiger charge is -2.19. The van der Waals surface area contributed by atoms with E-state index in [2.05, 4.69) is 15.6 Å². The molecule has 1 aromatic carbocycles. The molecule has 0 radical (unpaired) electrons. The normalized spacial score (nSPS) is 12.4. The average molecular weight is 374 g/mol. The molecule has 148 valence electrons. The molecule has 0 atom stereocenters. The summed E-state index contributed by atoms with van der Waals surface area (Å²) in [5.41, 5.74) is 2.15. The van der Waals surface area contributed by atoms with Crippen molar-refractivity contribution in [3.8, 4) is 5.75 Å². The van der Waals surface area contributed by atoms with Gasteiger partial charge in [0.25, 0.3) is 0 Å². The minimum absolute atomic E-state index is 0.357. The van der Waals surface area contributed by atoms with Gasteiger partial charge in [-0.05, 0) is 45.5 Å². The molecule has 0 saturated carbocycles. The van der Waals surface area contributed by atoms with Gasteiger partial charge in [-0.15, -0.1) is 0 Å².